The van der Waals surface area contributed by atoms with Crippen molar-refractivity contribution in [2.75, 3.05) is 32.8 Å². The minimum Gasteiger partial charge on any atom is -0.376 e. The van der Waals surface area contributed by atoms with Crippen LogP contribution < -0.4 is 0 Å². The van der Waals surface area contributed by atoms with Gasteiger partial charge in [-0.2, -0.15) is 0 Å². The highest BCUT2D eigenvalue weighted by Crippen LogP contribution is 2.36. The molecule has 0 aliphatic carbocycles. The fraction of sp³-hybridized carbons (Fsp3) is 0.750. The van der Waals surface area contributed by atoms with E-state index in [-0.39, 0.29) is 12.0 Å². The summed E-state index contributed by atoms with van der Waals surface area (Å²) in [7, 11) is 0. The third kappa shape index (κ3) is 3.28. The van der Waals surface area contributed by atoms with Crippen molar-refractivity contribution >= 4 is 17.2 Å². The van der Waals surface area contributed by atoms with E-state index in [0.29, 0.717) is 31.5 Å². The van der Waals surface area contributed by atoms with Gasteiger partial charge in [-0.3, -0.25) is 14.5 Å². The maximum absolute atomic E-state index is 12.3. The van der Waals surface area contributed by atoms with Crippen molar-refractivity contribution in [3.63, 3.8) is 0 Å². The summed E-state index contributed by atoms with van der Waals surface area (Å²) in [5.41, 5.74) is 1.14. The number of likely N-dealkylation sites (tertiary alicyclic amines) is 1. The first-order valence-electron chi connectivity index (χ1n) is 8.37. The maximum atomic E-state index is 12.3. The van der Waals surface area contributed by atoms with Gasteiger partial charge in [0.05, 0.1) is 36.6 Å². The molecule has 1 amide bonds. The van der Waals surface area contributed by atoms with Crippen LogP contribution in [0.25, 0.3) is 0 Å². The molecule has 0 spiro atoms. The smallest absolute Gasteiger partial charge is 0.246 e. The minimum absolute atomic E-state index is 0.116. The molecule has 0 aromatic carbocycles. The zero-order valence-corrected chi connectivity index (χ0v) is 14.3. The second-order valence-corrected chi connectivity index (χ2v) is 7.80. The van der Waals surface area contributed by atoms with Gasteiger partial charge < -0.3 is 4.74 Å². The van der Waals surface area contributed by atoms with E-state index in [0.717, 1.165) is 43.3 Å². The van der Waals surface area contributed by atoms with E-state index in [1.165, 1.54) is 5.06 Å². The summed E-state index contributed by atoms with van der Waals surface area (Å²) in [4.78, 5) is 24.6. The molecule has 126 valence electrons. The molecule has 3 saturated heterocycles. The summed E-state index contributed by atoms with van der Waals surface area (Å²) in [5, 5.41) is 4.79. The Hall–Kier alpha value is -1.02. The van der Waals surface area contributed by atoms with Crippen LogP contribution in [0.15, 0.2) is 5.38 Å². The molecule has 0 saturated carbocycles. The van der Waals surface area contributed by atoms with Crippen molar-refractivity contribution in [1.82, 2.24) is 14.9 Å². The van der Waals surface area contributed by atoms with Gasteiger partial charge in [-0.05, 0) is 19.3 Å². The van der Waals surface area contributed by atoms with Crippen molar-refractivity contribution in [3.8, 4) is 0 Å². The van der Waals surface area contributed by atoms with Crippen LogP contribution in [0, 0.1) is 18.8 Å². The molecule has 3 aliphatic heterocycles. The van der Waals surface area contributed by atoms with Crippen molar-refractivity contribution < 1.29 is 14.4 Å². The van der Waals surface area contributed by atoms with E-state index >= 15 is 0 Å². The molecule has 3 atom stereocenters. The average Bonchev–Trinajstić information content (AvgIpc) is 3.26. The molecule has 0 unspecified atom stereocenters. The van der Waals surface area contributed by atoms with Crippen LogP contribution in [0.2, 0.25) is 0 Å². The highest BCUT2D eigenvalue weighted by molar-refractivity contribution is 7.09. The SMILES string of the molecule is Cc1nc(CN2C[C@H]3[C@H](CC(=O)N4CCCO4)CO[C@H]3C2)cs1. The number of nitrogens with zero attached hydrogens (tertiary/aromatic N) is 3. The Morgan fingerprint density at radius 1 is 1.48 bits per heavy atom. The predicted octanol–water partition coefficient (Wildman–Crippen LogP) is 1.45. The van der Waals surface area contributed by atoms with Crippen LogP contribution in [0.3, 0.4) is 0 Å². The Morgan fingerprint density at radius 3 is 3.13 bits per heavy atom. The molecular formula is C16H23N3O3S. The Bertz CT molecular complexity index is 573. The van der Waals surface area contributed by atoms with E-state index < -0.39 is 0 Å². The third-order valence-electron chi connectivity index (χ3n) is 5.03. The molecule has 4 heterocycles. The lowest BCUT2D eigenvalue weighted by Crippen LogP contribution is -2.31. The fourth-order valence-electron chi connectivity index (χ4n) is 3.90. The normalized spacial score (nSPS) is 31.0. The molecule has 4 rings (SSSR count). The van der Waals surface area contributed by atoms with Gasteiger partial charge in [0.1, 0.15) is 0 Å². The Kier molecular flexibility index (Phi) is 4.36. The lowest BCUT2D eigenvalue weighted by Gasteiger charge is -2.20. The van der Waals surface area contributed by atoms with E-state index in [9.17, 15) is 4.79 Å². The second kappa shape index (κ2) is 6.47. The monoisotopic (exact) mass is 337 g/mol. The zero-order chi connectivity index (χ0) is 15.8. The number of hydroxylamine groups is 2. The number of thiazole rings is 1. The molecule has 1 aromatic rings. The third-order valence-corrected chi connectivity index (χ3v) is 5.86. The van der Waals surface area contributed by atoms with E-state index in [4.69, 9.17) is 9.57 Å². The van der Waals surface area contributed by atoms with Gasteiger partial charge in [0.2, 0.25) is 5.91 Å². The number of hydrogen-bond acceptors (Lipinski definition) is 6. The molecule has 23 heavy (non-hydrogen) atoms. The zero-order valence-electron chi connectivity index (χ0n) is 13.4. The minimum atomic E-state index is 0.116. The van der Waals surface area contributed by atoms with Gasteiger partial charge in [0.15, 0.2) is 0 Å². The number of aromatic nitrogens is 1. The molecule has 3 fully saturated rings. The second-order valence-electron chi connectivity index (χ2n) is 6.73. The summed E-state index contributed by atoms with van der Waals surface area (Å²) < 4.78 is 5.96. The van der Waals surface area contributed by atoms with Crippen molar-refractivity contribution in [2.45, 2.75) is 32.4 Å². The van der Waals surface area contributed by atoms with Gasteiger partial charge in [0, 0.05) is 37.4 Å². The summed E-state index contributed by atoms with van der Waals surface area (Å²) in [6, 6.07) is 0. The number of ether oxygens (including phenoxy) is 1. The molecular weight excluding hydrogens is 314 g/mol. The molecule has 0 radical (unpaired) electrons. The Balaban J connectivity index is 1.33. The highest BCUT2D eigenvalue weighted by Gasteiger charge is 2.44. The van der Waals surface area contributed by atoms with Gasteiger partial charge >= 0.3 is 0 Å². The van der Waals surface area contributed by atoms with Gasteiger partial charge in [-0.1, -0.05) is 0 Å². The first-order valence-corrected chi connectivity index (χ1v) is 9.25. The summed E-state index contributed by atoms with van der Waals surface area (Å²) >= 11 is 1.70. The van der Waals surface area contributed by atoms with Gasteiger partial charge in [-0.15, -0.1) is 11.3 Å². The fourth-order valence-corrected chi connectivity index (χ4v) is 4.50. The number of carbonyl (C=O) groups is 1. The molecule has 0 N–H and O–H groups in total. The average molecular weight is 337 g/mol. The quantitative estimate of drug-likeness (QED) is 0.832. The van der Waals surface area contributed by atoms with Gasteiger partial charge in [-0.25, -0.2) is 10.0 Å². The van der Waals surface area contributed by atoms with E-state index in [2.05, 4.69) is 15.3 Å². The number of rotatable bonds is 4. The summed E-state index contributed by atoms with van der Waals surface area (Å²) in [6.45, 7) is 6.98. The molecule has 3 aliphatic rings. The van der Waals surface area contributed by atoms with Crippen LogP contribution in [-0.4, -0.2) is 59.8 Å². The first kappa shape index (κ1) is 15.5. The van der Waals surface area contributed by atoms with E-state index in [1.807, 2.05) is 6.92 Å². The molecule has 1 aromatic heterocycles. The Labute approximate surface area is 140 Å². The number of carbonyl (C=O) groups excluding carboxylic acids is 1. The lowest BCUT2D eigenvalue weighted by molar-refractivity contribution is -0.170. The largest absolute Gasteiger partial charge is 0.376 e. The van der Waals surface area contributed by atoms with Crippen LogP contribution in [0.1, 0.15) is 23.5 Å². The summed E-state index contributed by atoms with van der Waals surface area (Å²) in [5.74, 6) is 0.894. The molecule has 6 nitrogen and oxygen atoms in total. The highest BCUT2D eigenvalue weighted by atomic mass is 32.1. The number of hydrogen-bond donors (Lipinski definition) is 0. The van der Waals surface area contributed by atoms with Crippen molar-refractivity contribution in [2.24, 2.45) is 11.8 Å². The van der Waals surface area contributed by atoms with Crippen LogP contribution in [-0.2, 0) is 20.9 Å². The van der Waals surface area contributed by atoms with Crippen molar-refractivity contribution in [3.05, 3.63) is 16.1 Å². The van der Waals surface area contributed by atoms with Crippen molar-refractivity contribution in [1.29, 1.82) is 0 Å². The van der Waals surface area contributed by atoms with Crippen LogP contribution >= 0.6 is 11.3 Å². The molecule has 7 heteroatoms. The van der Waals surface area contributed by atoms with Gasteiger partial charge in [0.25, 0.3) is 0 Å². The predicted molar refractivity (Wildman–Crippen MR) is 85.7 cm³/mol. The number of amides is 1. The number of aryl methyl sites for hydroxylation is 1. The van der Waals surface area contributed by atoms with Crippen LogP contribution in [0.5, 0.6) is 0 Å². The maximum Gasteiger partial charge on any atom is 0.246 e. The lowest BCUT2D eigenvalue weighted by atomic mass is 9.90. The topological polar surface area (TPSA) is 54.9 Å². The standard InChI is InChI=1S/C16H23N3O3S/c1-11-17-13(10-23-11)6-18-7-14-12(9-21-15(14)8-18)5-16(20)19-3-2-4-22-19/h10,12,14-15H,2-9H2,1H3/t12-,14+,15+/m1/s1. The number of fused-ring (bicyclic) bond motifs is 1. The van der Waals surface area contributed by atoms with E-state index in [1.54, 1.807) is 11.3 Å². The molecule has 0 bridgehead atoms. The summed E-state index contributed by atoms with van der Waals surface area (Å²) in [6.07, 6.45) is 1.76. The Morgan fingerprint density at radius 2 is 2.39 bits per heavy atom. The van der Waals surface area contributed by atoms with Crippen LogP contribution in [0.4, 0.5) is 0 Å². The first-order chi connectivity index (χ1) is 11.2.